The molecule has 4 fully saturated rings. The van der Waals surface area contributed by atoms with Gasteiger partial charge in [-0.2, -0.15) is 0 Å². The van der Waals surface area contributed by atoms with Crippen molar-refractivity contribution in [2.45, 2.75) is 51.6 Å². The van der Waals surface area contributed by atoms with Gasteiger partial charge in [0, 0.05) is 18.4 Å². The Morgan fingerprint density at radius 2 is 1.62 bits per heavy atom. The van der Waals surface area contributed by atoms with Crippen molar-refractivity contribution in [2.24, 2.45) is 23.2 Å². The number of hydrogen-bond donors (Lipinski definition) is 2. The van der Waals surface area contributed by atoms with Gasteiger partial charge in [-0.1, -0.05) is 30.3 Å². The SMILES string of the molecule is O=C(CCNC(=O)C12CC3CC(CC(C3)C1)C2)NOCc1ccccc1. The minimum atomic E-state index is -0.202. The number of rotatable bonds is 7. The van der Waals surface area contributed by atoms with Crippen LogP contribution in [0.3, 0.4) is 0 Å². The maximum absolute atomic E-state index is 12.8. The van der Waals surface area contributed by atoms with Gasteiger partial charge in [-0.25, -0.2) is 5.48 Å². The van der Waals surface area contributed by atoms with Crippen LogP contribution in [-0.4, -0.2) is 18.4 Å². The molecule has 4 aliphatic rings. The first-order valence-corrected chi connectivity index (χ1v) is 9.86. The number of carbonyl (C=O) groups is 2. The van der Waals surface area contributed by atoms with Gasteiger partial charge in [0.05, 0.1) is 6.61 Å². The zero-order valence-electron chi connectivity index (χ0n) is 15.2. The molecular formula is C21H28N2O3. The highest BCUT2D eigenvalue weighted by molar-refractivity contribution is 5.84. The summed E-state index contributed by atoms with van der Waals surface area (Å²) in [4.78, 5) is 29.9. The van der Waals surface area contributed by atoms with Gasteiger partial charge in [-0.3, -0.25) is 14.4 Å². The summed E-state index contributed by atoms with van der Waals surface area (Å²) in [5, 5.41) is 3.02. The summed E-state index contributed by atoms with van der Waals surface area (Å²) in [6.07, 6.45) is 7.38. The quantitative estimate of drug-likeness (QED) is 0.738. The lowest BCUT2D eigenvalue weighted by molar-refractivity contribution is -0.146. The molecule has 4 aliphatic carbocycles. The van der Waals surface area contributed by atoms with Crippen LogP contribution in [0.25, 0.3) is 0 Å². The Morgan fingerprint density at radius 3 is 2.23 bits per heavy atom. The molecule has 4 saturated carbocycles. The molecule has 5 rings (SSSR count). The van der Waals surface area contributed by atoms with E-state index in [9.17, 15) is 9.59 Å². The van der Waals surface area contributed by atoms with Gasteiger partial charge < -0.3 is 5.32 Å². The van der Waals surface area contributed by atoms with E-state index in [1.165, 1.54) is 19.3 Å². The first-order valence-electron chi connectivity index (χ1n) is 9.86. The van der Waals surface area contributed by atoms with E-state index in [0.29, 0.717) is 13.2 Å². The monoisotopic (exact) mass is 356 g/mol. The lowest BCUT2D eigenvalue weighted by Gasteiger charge is -2.55. The van der Waals surface area contributed by atoms with E-state index < -0.39 is 0 Å². The Balaban J connectivity index is 1.17. The van der Waals surface area contributed by atoms with E-state index >= 15 is 0 Å². The van der Waals surface area contributed by atoms with E-state index in [2.05, 4.69) is 10.8 Å². The fourth-order valence-electron chi connectivity index (χ4n) is 5.69. The molecule has 4 bridgehead atoms. The van der Waals surface area contributed by atoms with Crippen molar-refractivity contribution in [1.29, 1.82) is 0 Å². The largest absolute Gasteiger partial charge is 0.355 e. The summed E-state index contributed by atoms with van der Waals surface area (Å²) in [6.45, 7) is 0.716. The molecule has 5 heteroatoms. The van der Waals surface area contributed by atoms with Crippen molar-refractivity contribution in [3.05, 3.63) is 35.9 Å². The summed E-state index contributed by atoms with van der Waals surface area (Å²) >= 11 is 0. The van der Waals surface area contributed by atoms with Crippen LogP contribution in [0.2, 0.25) is 0 Å². The second-order valence-corrected chi connectivity index (χ2v) is 8.50. The summed E-state index contributed by atoms with van der Waals surface area (Å²) in [7, 11) is 0. The molecule has 26 heavy (non-hydrogen) atoms. The molecule has 0 heterocycles. The predicted octanol–water partition coefficient (Wildman–Crippen LogP) is 2.96. The Morgan fingerprint density at radius 1 is 1.00 bits per heavy atom. The molecule has 1 aromatic carbocycles. The third-order valence-corrected chi connectivity index (χ3v) is 6.43. The van der Waals surface area contributed by atoms with Crippen LogP contribution in [0.5, 0.6) is 0 Å². The molecule has 0 saturated heterocycles. The number of benzene rings is 1. The van der Waals surface area contributed by atoms with E-state index in [4.69, 9.17) is 4.84 Å². The van der Waals surface area contributed by atoms with Gasteiger partial charge in [0.25, 0.3) is 0 Å². The lowest BCUT2D eigenvalue weighted by atomic mass is 9.49. The van der Waals surface area contributed by atoms with Crippen molar-refractivity contribution in [3.63, 3.8) is 0 Å². The molecule has 0 unspecified atom stereocenters. The van der Waals surface area contributed by atoms with Crippen molar-refractivity contribution in [3.8, 4) is 0 Å². The highest BCUT2D eigenvalue weighted by Gasteiger charge is 2.54. The fraction of sp³-hybridized carbons (Fsp3) is 0.619. The zero-order valence-corrected chi connectivity index (χ0v) is 15.2. The highest BCUT2D eigenvalue weighted by Crippen LogP contribution is 2.60. The molecule has 140 valence electrons. The normalized spacial score (nSPS) is 31.6. The lowest BCUT2D eigenvalue weighted by Crippen LogP contribution is -2.53. The van der Waals surface area contributed by atoms with Crippen molar-refractivity contribution in [2.75, 3.05) is 6.54 Å². The molecule has 2 N–H and O–H groups in total. The third-order valence-electron chi connectivity index (χ3n) is 6.43. The fourth-order valence-corrected chi connectivity index (χ4v) is 5.69. The van der Waals surface area contributed by atoms with E-state index in [1.54, 1.807) is 0 Å². The van der Waals surface area contributed by atoms with Gasteiger partial charge in [0.15, 0.2) is 0 Å². The molecule has 0 atom stereocenters. The Bertz CT molecular complexity index is 623. The highest BCUT2D eigenvalue weighted by atomic mass is 16.6. The van der Waals surface area contributed by atoms with Gasteiger partial charge in [-0.05, 0) is 61.8 Å². The first kappa shape index (κ1) is 17.5. The number of amides is 2. The van der Waals surface area contributed by atoms with Crippen LogP contribution in [0.1, 0.15) is 50.5 Å². The first-order chi connectivity index (χ1) is 12.6. The maximum atomic E-state index is 12.8. The summed E-state index contributed by atoms with van der Waals surface area (Å²) in [6, 6.07) is 9.69. The van der Waals surface area contributed by atoms with Crippen LogP contribution >= 0.6 is 0 Å². The average Bonchev–Trinajstić information content (AvgIpc) is 2.61. The summed E-state index contributed by atoms with van der Waals surface area (Å²) in [5.74, 6) is 2.23. The molecule has 0 aliphatic heterocycles. The van der Waals surface area contributed by atoms with E-state index in [-0.39, 0.29) is 23.7 Å². The molecule has 1 aromatic rings. The van der Waals surface area contributed by atoms with Gasteiger partial charge in [0.1, 0.15) is 0 Å². The smallest absolute Gasteiger partial charge is 0.245 e. The summed E-state index contributed by atoms with van der Waals surface area (Å²) < 4.78 is 0. The van der Waals surface area contributed by atoms with Gasteiger partial charge in [-0.15, -0.1) is 0 Å². The Hall–Kier alpha value is -1.88. The molecule has 0 spiro atoms. The third kappa shape index (κ3) is 3.78. The minimum absolute atomic E-state index is 0.144. The van der Waals surface area contributed by atoms with Crippen LogP contribution in [0.4, 0.5) is 0 Å². The van der Waals surface area contributed by atoms with E-state index in [0.717, 1.165) is 42.6 Å². The number of nitrogens with one attached hydrogen (secondary N) is 2. The standard InChI is InChI=1S/C21H28N2O3/c24-19(23-26-14-15-4-2-1-3-5-15)6-7-22-20(25)21-11-16-8-17(12-21)10-18(9-16)13-21/h1-5,16-18H,6-14H2,(H,22,25)(H,23,24). The molecule has 0 aromatic heterocycles. The van der Waals surface area contributed by atoms with Crippen molar-refractivity contribution in [1.82, 2.24) is 10.8 Å². The molecule has 2 amide bonds. The summed E-state index contributed by atoms with van der Waals surface area (Å²) in [5.41, 5.74) is 3.31. The molecular weight excluding hydrogens is 328 g/mol. The second kappa shape index (κ2) is 7.39. The van der Waals surface area contributed by atoms with Gasteiger partial charge >= 0.3 is 0 Å². The average molecular weight is 356 g/mol. The topological polar surface area (TPSA) is 67.4 Å². The minimum Gasteiger partial charge on any atom is -0.355 e. The molecule has 0 radical (unpaired) electrons. The van der Waals surface area contributed by atoms with Crippen LogP contribution in [-0.2, 0) is 21.0 Å². The maximum Gasteiger partial charge on any atom is 0.245 e. The van der Waals surface area contributed by atoms with Crippen molar-refractivity contribution >= 4 is 11.8 Å². The van der Waals surface area contributed by atoms with Gasteiger partial charge in [0.2, 0.25) is 11.8 Å². The number of carbonyl (C=O) groups excluding carboxylic acids is 2. The second-order valence-electron chi connectivity index (χ2n) is 8.50. The van der Waals surface area contributed by atoms with Crippen LogP contribution < -0.4 is 10.8 Å². The predicted molar refractivity (Wildman–Crippen MR) is 97.6 cm³/mol. The number of hydroxylamine groups is 1. The van der Waals surface area contributed by atoms with Crippen molar-refractivity contribution < 1.29 is 14.4 Å². The molecule has 5 nitrogen and oxygen atoms in total. The van der Waals surface area contributed by atoms with E-state index in [1.807, 2.05) is 30.3 Å². The Labute approximate surface area is 154 Å². The van der Waals surface area contributed by atoms with Crippen LogP contribution in [0.15, 0.2) is 30.3 Å². The zero-order chi connectivity index (χ0) is 18.0. The van der Waals surface area contributed by atoms with Crippen LogP contribution in [0, 0.1) is 23.2 Å². The number of hydrogen-bond acceptors (Lipinski definition) is 3. The Kier molecular flexibility index (Phi) is 4.98.